The molecule has 2 aromatic rings. The number of hydrogen-bond acceptors (Lipinski definition) is 1. The highest BCUT2D eigenvalue weighted by Gasteiger charge is 2.58. The Bertz CT molecular complexity index is 1200. The molecule has 0 aliphatic heterocycles. The Morgan fingerprint density at radius 2 is 1.58 bits per heavy atom. The fraction of sp³-hybridized carbons (Fsp3) is 0.529. The quantitative estimate of drug-likeness (QED) is 0.404. The van der Waals surface area contributed by atoms with Crippen LogP contribution in [0.15, 0.2) is 65.9 Å². The molecule has 3 aliphatic carbocycles. The van der Waals surface area contributed by atoms with Crippen LogP contribution in [0.2, 0.25) is 5.02 Å². The molecule has 192 valence electrons. The Morgan fingerprint density at radius 3 is 2.19 bits per heavy atom. The second-order valence-corrected chi connectivity index (χ2v) is 14.6. The molecule has 2 aromatic carbocycles. The average molecular weight is 502 g/mol. The fourth-order valence-electron chi connectivity index (χ4n) is 7.64. The predicted molar refractivity (Wildman–Crippen MR) is 156 cm³/mol. The van der Waals surface area contributed by atoms with Crippen molar-refractivity contribution in [1.29, 1.82) is 0 Å². The summed E-state index contributed by atoms with van der Waals surface area (Å²) in [5.74, 6) is 2.65. The van der Waals surface area contributed by atoms with E-state index in [4.69, 9.17) is 11.6 Å². The highest BCUT2D eigenvalue weighted by atomic mass is 35.5. The number of halogens is 1. The van der Waals surface area contributed by atoms with Crippen molar-refractivity contribution in [3.8, 4) is 0 Å². The highest BCUT2D eigenvalue weighted by molar-refractivity contribution is 6.31. The zero-order chi connectivity index (χ0) is 26.2. The lowest BCUT2D eigenvalue weighted by molar-refractivity contribution is 0.165. The third kappa shape index (κ3) is 4.36. The van der Waals surface area contributed by atoms with E-state index in [0.29, 0.717) is 11.8 Å². The first kappa shape index (κ1) is 25.7. The third-order valence-corrected chi connectivity index (χ3v) is 9.71. The molecule has 3 aliphatic rings. The van der Waals surface area contributed by atoms with Gasteiger partial charge in [-0.3, -0.25) is 0 Å². The van der Waals surface area contributed by atoms with E-state index in [9.17, 15) is 0 Å². The van der Waals surface area contributed by atoms with Crippen molar-refractivity contribution in [2.24, 2.45) is 34.5 Å². The maximum absolute atomic E-state index is 6.62. The lowest BCUT2D eigenvalue weighted by atomic mass is 9.60. The van der Waals surface area contributed by atoms with Gasteiger partial charge in [-0.25, -0.2) is 0 Å². The highest BCUT2D eigenvalue weighted by Crippen LogP contribution is 2.67. The second-order valence-electron chi connectivity index (χ2n) is 14.1. The van der Waals surface area contributed by atoms with Gasteiger partial charge < -0.3 is 4.90 Å². The number of aryl methyl sites for hydroxylation is 1. The number of hydrogen-bond donors (Lipinski definition) is 0. The van der Waals surface area contributed by atoms with Crippen molar-refractivity contribution < 1.29 is 0 Å². The maximum atomic E-state index is 6.62. The van der Waals surface area contributed by atoms with Gasteiger partial charge in [0.2, 0.25) is 0 Å². The molecular weight excluding hydrogens is 458 g/mol. The summed E-state index contributed by atoms with van der Waals surface area (Å²) in [7, 11) is 0. The largest absolute Gasteiger partial charge is 0.314 e. The van der Waals surface area contributed by atoms with Gasteiger partial charge >= 0.3 is 0 Å². The van der Waals surface area contributed by atoms with E-state index in [0.717, 1.165) is 22.5 Å². The van der Waals surface area contributed by atoms with Crippen molar-refractivity contribution in [2.75, 3.05) is 4.90 Å². The first-order valence-corrected chi connectivity index (χ1v) is 14.2. The van der Waals surface area contributed by atoms with Crippen LogP contribution in [0.25, 0.3) is 0 Å². The summed E-state index contributed by atoms with van der Waals surface area (Å²) >= 11 is 6.62. The molecule has 2 fully saturated rings. The number of anilines is 2. The Kier molecular flexibility index (Phi) is 6.07. The molecule has 0 saturated heterocycles. The topological polar surface area (TPSA) is 3.24 Å². The molecule has 0 N–H and O–H groups in total. The summed E-state index contributed by atoms with van der Waals surface area (Å²) in [6.07, 6.45) is 7.65. The summed E-state index contributed by atoms with van der Waals surface area (Å²) in [6, 6.07) is 15.6. The number of benzene rings is 2. The first-order chi connectivity index (χ1) is 16.7. The minimum atomic E-state index is 0.127. The van der Waals surface area contributed by atoms with Gasteiger partial charge in [0.05, 0.1) is 0 Å². The van der Waals surface area contributed by atoms with Gasteiger partial charge in [0, 0.05) is 28.0 Å². The van der Waals surface area contributed by atoms with Crippen LogP contribution in [0.3, 0.4) is 0 Å². The Balaban J connectivity index is 1.66. The van der Waals surface area contributed by atoms with Crippen LogP contribution < -0.4 is 4.90 Å². The van der Waals surface area contributed by atoms with Crippen LogP contribution >= 0.6 is 11.6 Å². The van der Waals surface area contributed by atoms with Crippen molar-refractivity contribution in [1.82, 2.24) is 0 Å². The van der Waals surface area contributed by atoms with Gasteiger partial charge in [0.1, 0.15) is 0 Å². The minimum absolute atomic E-state index is 0.127. The van der Waals surface area contributed by atoms with Gasteiger partial charge in [-0.1, -0.05) is 90.8 Å². The number of nitrogens with zero attached hydrogens (tertiary/aromatic N) is 1. The van der Waals surface area contributed by atoms with E-state index in [1.807, 2.05) is 6.07 Å². The number of allylic oxidation sites excluding steroid dienone is 4. The second kappa shape index (κ2) is 8.52. The predicted octanol–water partition coefficient (Wildman–Crippen LogP) is 10.3. The zero-order valence-electron chi connectivity index (χ0n) is 23.7. The summed E-state index contributed by atoms with van der Waals surface area (Å²) in [6.45, 7) is 21.5. The van der Waals surface area contributed by atoms with E-state index >= 15 is 0 Å². The van der Waals surface area contributed by atoms with Gasteiger partial charge in [0.25, 0.3) is 0 Å². The molecule has 0 bridgehead atoms. The maximum Gasteiger partial charge on any atom is 0.0475 e. The molecular formula is C34H44ClN. The molecule has 0 heterocycles. The SMILES string of the molecule is Cc1cc(Cl)cc(N(C2=CC=C3C(C2C)C(C)(C)CC2CC2C3(C)C)c2ccc(C(C)(C)C)cc2)c1. The van der Waals surface area contributed by atoms with Gasteiger partial charge in [-0.15, -0.1) is 0 Å². The molecule has 0 amide bonds. The summed E-state index contributed by atoms with van der Waals surface area (Å²) in [5.41, 5.74) is 8.58. The van der Waals surface area contributed by atoms with E-state index in [1.54, 1.807) is 5.57 Å². The molecule has 2 heteroatoms. The van der Waals surface area contributed by atoms with Crippen LogP contribution in [0.1, 0.15) is 79.4 Å². The molecule has 2 saturated carbocycles. The summed E-state index contributed by atoms with van der Waals surface area (Å²) < 4.78 is 0. The van der Waals surface area contributed by atoms with Crippen LogP contribution in [-0.4, -0.2) is 0 Å². The molecule has 0 aromatic heterocycles. The molecule has 1 nitrogen and oxygen atoms in total. The van der Waals surface area contributed by atoms with E-state index in [-0.39, 0.29) is 16.2 Å². The minimum Gasteiger partial charge on any atom is -0.314 e. The summed E-state index contributed by atoms with van der Waals surface area (Å²) in [4.78, 5) is 2.47. The van der Waals surface area contributed by atoms with Crippen molar-refractivity contribution >= 4 is 23.0 Å². The molecule has 0 radical (unpaired) electrons. The van der Waals surface area contributed by atoms with Crippen molar-refractivity contribution in [3.05, 3.63) is 82.0 Å². The lowest BCUT2D eigenvalue weighted by Crippen LogP contribution is -2.40. The van der Waals surface area contributed by atoms with Crippen molar-refractivity contribution in [2.45, 2.75) is 80.6 Å². The normalized spacial score (nSPS) is 28.3. The number of fused-ring (bicyclic) bond motifs is 2. The van der Waals surface area contributed by atoms with Crippen LogP contribution in [0, 0.1) is 41.4 Å². The zero-order valence-corrected chi connectivity index (χ0v) is 24.5. The van der Waals surface area contributed by atoms with E-state index in [1.165, 1.54) is 35.4 Å². The van der Waals surface area contributed by atoms with Crippen LogP contribution in [0.4, 0.5) is 11.4 Å². The summed E-state index contributed by atoms with van der Waals surface area (Å²) in [5, 5.41) is 0.789. The third-order valence-electron chi connectivity index (χ3n) is 9.49. The molecule has 36 heavy (non-hydrogen) atoms. The van der Waals surface area contributed by atoms with Gasteiger partial charge in [0.15, 0.2) is 0 Å². The average Bonchev–Trinajstić information content (AvgIpc) is 3.53. The standard InChI is InChI=1S/C34H44ClN/c1-21-16-25(35)19-27(17-21)36(26-12-10-24(11-13-26)32(3,4)5)30-15-14-28-31(22(30)2)33(6,7)20-23-18-29(23)34(28,8)9/h10-17,19,22-23,29,31H,18,20H2,1-9H3. The first-order valence-electron chi connectivity index (χ1n) is 13.8. The molecule has 5 rings (SSSR count). The Hall–Kier alpha value is -1.99. The van der Waals surface area contributed by atoms with Crippen LogP contribution in [0.5, 0.6) is 0 Å². The van der Waals surface area contributed by atoms with Crippen LogP contribution in [-0.2, 0) is 5.41 Å². The Labute approximate surface area is 224 Å². The molecule has 4 atom stereocenters. The lowest BCUT2D eigenvalue weighted by Gasteiger charge is -2.48. The van der Waals surface area contributed by atoms with Crippen molar-refractivity contribution in [3.63, 3.8) is 0 Å². The fourth-order valence-corrected chi connectivity index (χ4v) is 7.92. The van der Waals surface area contributed by atoms with Gasteiger partial charge in [-0.2, -0.15) is 0 Å². The van der Waals surface area contributed by atoms with E-state index < -0.39 is 0 Å². The number of rotatable bonds is 3. The smallest absolute Gasteiger partial charge is 0.0475 e. The molecule has 0 spiro atoms. The Morgan fingerprint density at radius 1 is 0.917 bits per heavy atom. The van der Waals surface area contributed by atoms with E-state index in [2.05, 4.69) is 116 Å². The monoisotopic (exact) mass is 501 g/mol. The van der Waals surface area contributed by atoms with Gasteiger partial charge in [-0.05, 0) is 101 Å². The molecule has 4 unspecified atom stereocenters.